The van der Waals surface area contributed by atoms with Crippen molar-refractivity contribution < 1.29 is 13.9 Å². The molecule has 2 nitrogen and oxygen atoms in total. The van der Waals surface area contributed by atoms with Crippen LogP contribution in [0.15, 0.2) is 45.5 Å². The number of aliphatic hydroxyl groups is 1. The second kappa shape index (κ2) is 4.16. The van der Waals surface area contributed by atoms with Crippen LogP contribution >= 0.6 is 15.9 Å². The lowest BCUT2D eigenvalue weighted by Crippen LogP contribution is -2.01. The van der Waals surface area contributed by atoms with Crippen molar-refractivity contribution in [3.63, 3.8) is 0 Å². The van der Waals surface area contributed by atoms with E-state index in [1.807, 2.05) is 0 Å². The van der Waals surface area contributed by atoms with Crippen LogP contribution in [-0.4, -0.2) is 5.11 Å². The minimum atomic E-state index is -1.07. The van der Waals surface area contributed by atoms with Gasteiger partial charge in [-0.05, 0) is 30.3 Å². The van der Waals surface area contributed by atoms with Gasteiger partial charge in [0.1, 0.15) is 17.7 Å². The van der Waals surface area contributed by atoms with Crippen LogP contribution < -0.4 is 0 Å². The van der Waals surface area contributed by atoms with Crippen LogP contribution in [0.2, 0.25) is 0 Å². The summed E-state index contributed by atoms with van der Waals surface area (Å²) >= 11 is 3.22. The van der Waals surface area contributed by atoms with Crippen molar-refractivity contribution in [2.75, 3.05) is 0 Å². The van der Waals surface area contributed by atoms with Crippen molar-refractivity contribution >= 4 is 15.9 Å². The molecule has 1 heterocycles. The number of furan rings is 1. The predicted octanol–water partition coefficient (Wildman–Crippen LogP) is 3.26. The highest BCUT2D eigenvalue weighted by Crippen LogP contribution is 2.26. The van der Waals surface area contributed by atoms with Gasteiger partial charge in [-0.3, -0.25) is 0 Å². The van der Waals surface area contributed by atoms with E-state index < -0.39 is 11.9 Å². The summed E-state index contributed by atoms with van der Waals surface area (Å²) in [7, 11) is 0. The van der Waals surface area contributed by atoms with E-state index in [1.165, 1.54) is 18.4 Å². The maximum Gasteiger partial charge on any atom is 0.139 e. The Morgan fingerprint density at radius 2 is 2.13 bits per heavy atom. The number of benzene rings is 1. The summed E-state index contributed by atoms with van der Waals surface area (Å²) in [4.78, 5) is 0. The highest BCUT2D eigenvalue weighted by molar-refractivity contribution is 9.10. The molecule has 0 saturated carbocycles. The number of rotatable bonds is 2. The minimum absolute atomic E-state index is 0.194. The van der Waals surface area contributed by atoms with Crippen molar-refractivity contribution in [3.05, 3.63) is 58.2 Å². The largest absolute Gasteiger partial charge is 0.466 e. The fourth-order valence-corrected chi connectivity index (χ4v) is 1.70. The first-order valence-electron chi connectivity index (χ1n) is 4.35. The first-order valence-corrected chi connectivity index (χ1v) is 5.14. The Bertz CT molecular complexity index is 454. The van der Waals surface area contributed by atoms with Gasteiger partial charge in [-0.15, -0.1) is 0 Å². The second-order valence-electron chi connectivity index (χ2n) is 3.08. The van der Waals surface area contributed by atoms with Gasteiger partial charge in [0.15, 0.2) is 0 Å². The van der Waals surface area contributed by atoms with Crippen molar-refractivity contribution in [2.24, 2.45) is 0 Å². The molecule has 1 atom stereocenters. The molecule has 2 aromatic rings. The lowest BCUT2D eigenvalue weighted by Gasteiger charge is -2.09. The summed E-state index contributed by atoms with van der Waals surface area (Å²) in [5.41, 5.74) is 0.194. The number of halogens is 2. The minimum Gasteiger partial charge on any atom is -0.466 e. The molecule has 2 rings (SSSR count). The number of aliphatic hydroxyl groups excluding tert-OH is 1. The molecule has 15 heavy (non-hydrogen) atoms. The van der Waals surface area contributed by atoms with Crippen molar-refractivity contribution in [1.82, 2.24) is 0 Å². The van der Waals surface area contributed by atoms with Gasteiger partial charge in [0.05, 0.1) is 6.26 Å². The maximum atomic E-state index is 13.4. The normalized spacial score (nSPS) is 12.7. The fraction of sp³-hybridized carbons (Fsp3) is 0.0909. The SMILES string of the molecule is OC(c1ccco1)c1cc(Br)ccc1F. The first-order chi connectivity index (χ1) is 7.18. The van der Waals surface area contributed by atoms with Crippen LogP contribution in [0.5, 0.6) is 0 Å². The Morgan fingerprint density at radius 1 is 1.33 bits per heavy atom. The molecule has 1 N–H and O–H groups in total. The van der Waals surface area contributed by atoms with Gasteiger partial charge >= 0.3 is 0 Å². The average Bonchev–Trinajstić information content (AvgIpc) is 2.74. The van der Waals surface area contributed by atoms with Crippen LogP contribution in [0.25, 0.3) is 0 Å². The van der Waals surface area contributed by atoms with Crippen LogP contribution in [0.1, 0.15) is 17.4 Å². The molecule has 0 amide bonds. The highest BCUT2D eigenvalue weighted by Gasteiger charge is 2.17. The molecule has 4 heteroatoms. The van der Waals surface area contributed by atoms with Crippen molar-refractivity contribution in [2.45, 2.75) is 6.10 Å². The third-order valence-electron chi connectivity index (χ3n) is 2.07. The van der Waals surface area contributed by atoms with Gasteiger partial charge < -0.3 is 9.52 Å². The Morgan fingerprint density at radius 3 is 2.80 bits per heavy atom. The summed E-state index contributed by atoms with van der Waals surface area (Å²) < 4.78 is 19.1. The summed E-state index contributed by atoms with van der Waals surface area (Å²) in [5.74, 6) is -0.130. The Hall–Kier alpha value is -1.13. The third kappa shape index (κ3) is 2.11. The Balaban J connectivity index is 2.41. The van der Waals surface area contributed by atoms with Crippen LogP contribution in [0.4, 0.5) is 4.39 Å². The number of hydrogen-bond donors (Lipinski definition) is 1. The lowest BCUT2D eigenvalue weighted by molar-refractivity contribution is 0.184. The van der Waals surface area contributed by atoms with Crippen LogP contribution in [0.3, 0.4) is 0 Å². The molecular weight excluding hydrogens is 263 g/mol. The molecular formula is C11H8BrFO2. The topological polar surface area (TPSA) is 33.4 Å². The predicted molar refractivity (Wildman–Crippen MR) is 56.9 cm³/mol. The van der Waals surface area contributed by atoms with Gasteiger partial charge in [0.25, 0.3) is 0 Å². The summed E-state index contributed by atoms with van der Waals surface area (Å²) in [6.45, 7) is 0. The van der Waals surface area contributed by atoms with Gasteiger partial charge in [-0.25, -0.2) is 4.39 Å². The molecule has 0 aliphatic carbocycles. The second-order valence-corrected chi connectivity index (χ2v) is 4.00. The van der Waals surface area contributed by atoms with E-state index in [1.54, 1.807) is 18.2 Å². The molecule has 1 aromatic carbocycles. The standard InChI is InChI=1S/C11H8BrFO2/c12-7-3-4-9(13)8(6-7)11(14)10-2-1-5-15-10/h1-6,11,14H. The van der Waals surface area contributed by atoms with E-state index in [9.17, 15) is 9.50 Å². The molecule has 0 aliphatic heterocycles. The van der Waals surface area contributed by atoms with Crippen LogP contribution in [-0.2, 0) is 0 Å². The fourth-order valence-electron chi connectivity index (χ4n) is 1.32. The zero-order valence-corrected chi connectivity index (χ0v) is 9.24. The molecule has 0 radical (unpaired) electrons. The molecule has 1 unspecified atom stereocenters. The average molecular weight is 271 g/mol. The molecule has 0 saturated heterocycles. The van der Waals surface area contributed by atoms with E-state index >= 15 is 0 Å². The molecule has 0 fully saturated rings. The van der Waals surface area contributed by atoms with Gasteiger partial charge in [0, 0.05) is 10.0 Å². The summed E-state index contributed by atoms with van der Waals surface area (Å²) in [6.07, 6.45) is 0.367. The van der Waals surface area contributed by atoms with E-state index in [2.05, 4.69) is 15.9 Å². The Kier molecular flexibility index (Phi) is 2.88. The molecule has 0 aliphatic rings. The highest BCUT2D eigenvalue weighted by atomic mass is 79.9. The lowest BCUT2D eigenvalue weighted by atomic mass is 10.1. The molecule has 1 aromatic heterocycles. The maximum absolute atomic E-state index is 13.4. The molecule has 0 bridgehead atoms. The monoisotopic (exact) mass is 270 g/mol. The van der Waals surface area contributed by atoms with Gasteiger partial charge in [-0.1, -0.05) is 15.9 Å². The van der Waals surface area contributed by atoms with Gasteiger partial charge in [0.2, 0.25) is 0 Å². The zero-order valence-electron chi connectivity index (χ0n) is 7.65. The van der Waals surface area contributed by atoms with E-state index in [-0.39, 0.29) is 5.56 Å². The Labute approximate surface area is 94.5 Å². The van der Waals surface area contributed by atoms with E-state index in [4.69, 9.17) is 4.42 Å². The summed E-state index contributed by atoms with van der Waals surface area (Å²) in [6, 6.07) is 7.65. The van der Waals surface area contributed by atoms with Crippen molar-refractivity contribution in [3.8, 4) is 0 Å². The zero-order chi connectivity index (χ0) is 10.8. The number of hydrogen-bond acceptors (Lipinski definition) is 2. The van der Waals surface area contributed by atoms with Gasteiger partial charge in [-0.2, -0.15) is 0 Å². The quantitative estimate of drug-likeness (QED) is 0.909. The third-order valence-corrected chi connectivity index (χ3v) is 2.56. The van der Waals surface area contributed by atoms with E-state index in [0.717, 1.165) is 0 Å². The molecule has 0 spiro atoms. The smallest absolute Gasteiger partial charge is 0.139 e. The van der Waals surface area contributed by atoms with Crippen molar-refractivity contribution in [1.29, 1.82) is 0 Å². The van der Waals surface area contributed by atoms with E-state index in [0.29, 0.717) is 10.2 Å². The van der Waals surface area contributed by atoms with Crippen LogP contribution in [0, 0.1) is 5.82 Å². The summed E-state index contributed by atoms with van der Waals surface area (Å²) in [5, 5.41) is 9.83. The molecule has 78 valence electrons. The first kappa shape index (κ1) is 10.4.